The highest BCUT2D eigenvalue weighted by atomic mass is 32.2. The first-order valence-electron chi connectivity index (χ1n) is 6.50. The van der Waals surface area contributed by atoms with Gasteiger partial charge < -0.3 is 0 Å². The molecule has 0 fully saturated rings. The quantitative estimate of drug-likeness (QED) is 0.893. The van der Waals surface area contributed by atoms with Crippen LogP contribution in [0.4, 0.5) is 13.2 Å². The molecule has 2 atom stereocenters. The topological polar surface area (TPSA) is 29.1 Å². The molecule has 1 N–H and O–H groups in total. The van der Waals surface area contributed by atoms with Crippen molar-refractivity contribution in [2.45, 2.75) is 44.7 Å². The van der Waals surface area contributed by atoms with Gasteiger partial charge in [0.1, 0.15) is 6.04 Å². The number of alkyl halides is 3. The van der Waals surface area contributed by atoms with E-state index >= 15 is 0 Å². The molecule has 118 valence electrons. The van der Waals surface area contributed by atoms with E-state index in [1.165, 1.54) is 6.08 Å². The summed E-state index contributed by atoms with van der Waals surface area (Å²) in [7, 11) is -1.80. The first kappa shape index (κ1) is 17.9. The van der Waals surface area contributed by atoms with Crippen molar-refractivity contribution in [3.8, 4) is 0 Å². The van der Waals surface area contributed by atoms with E-state index in [1.54, 1.807) is 32.9 Å². The lowest BCUT2D eigenvalue weighted by molar-refractivity contribution is -0.139. The predicted octanol–water partition coefficient (Wildman–Crippen LogP) is 3.99. The van der Waals surface area contributed by atoms with Crippen LogP contribution in [0.25, 0.3) is 6.08 Å². The van der Waals surface area contributed by atoms with E-state index in [0.29, 0.717) is 5.56 Å². The monoisotopic (exact) mass is 319 g/mol. The SMILES string of the molecule is Cc1ccc(/C=C/[C@H](NS(=O)C(C)(C)C)C(F)(F)F)cc1. The molecule has 1 rings (SSSR count). The molecule has 0 bridgehead atoms. The van der Waals surface area contributed by atoms with E-state index in [-0.39, 0.29) is 0 Å². The van der Waals surface area contributed by atoms with Crippen molar-refractivity contribution < 1.29 is 17.4 Å². The number of halogens is 3. The molecule has 0 aliphatic heterocycles. The molecule has 0 aliphatic rings. The molecule has 0 saturated heterocycles. The number of aryl methyl sites for hydroxylation is 1. The number of nitrogens with one attached hydrogen (secondary N) is 1. The highest BCUT2D eigenvalue weighted by Crippen LogP contribution is 2.23. The summed E-state index contributed by atoms with van der Waals surface area (Å²) in [5, 5.41) is 0. The number of hydrogen-bond donors (Lipinski definition) is 1. The number of hydrogen-bond acceptors (Lipinski definition) is 1. The summed E-state index contributed by atoms with van der Waals surface area (Å²) in [4.78, 5) is 0. The van der Waals surface area contributed by atoms with E-state index in [9.17, 15) is 17.4 Å². The maximum atomic E-state index is 13.0. The van der Waals surface area contributed by atoms with Gasteiger partial charge in [-0.25, -0.2) is 8.93 Å². The van der Waals surface area contributed by atoms with E-state index in [4.69, 9.17) is 0 Å². The van der Waals surface area contributed by atoms with E-state index in [1.807, 2.05) is 19.1 Å². The third-order valence-corrected chi connectivity index (χ3v) is 4.28. The van der Waals surface area contributed by atoms with Crippen molar-refractivity contribution in [2.24, 2.45) is 0 Å². The average molecular weight is 319 g/mol. The first-order chi connectivity index (χ1) is 9.50. The molecule has 1 unspecified atom stereocenters. The summed E-state index contributed by atoms with van der Waals surface area (Å²) < 4.78 is 52.2. The Bertz CT molecular complexity index is 515. The fourth-order valence-electron chi connectivity index (χ4n) is 1.39. The van der Waals surface area contributed by atoms with Crippen LogP contribution in [0.2, 0.25) is 0 Å². The fourth-order valence-corrected chi connectivity index (χ4v) is 2.19. The van der Waals surface area contributed by atoms with Gasteiger partial charge in [-0.1, -0.05) is 42.0 Å². The summed E-state index contributed by atoms with van der Waals surface area (Å²) in [6.45, 7) is 6.76. The van der Waals surface area contributed by atoms with E-state index < -0.39 is 28.0 Å². The van der Waals surface area contributed by atoms with Gasteiger partial charge in [0.05, 0.1) is 15.7 Å². The van der Waals surface area contributed by atoms with Crippen molar-refractivity contribution in [3.05, 3.63) is 41.5 Å². The lowest BCUT2D eigenvalue weighted by Gasteiger charge is -2.24. The van der Waals surface area contributed by atoms with Gasteiger partial charge in [0.15, 0.2) is 0 Å². The molecule has 21 heavy (non-hydrogen) atoms. The molecule has 6 heteroatoms. The van der Waals surface area contributed by atoms with Gasteiger partial charge in [0.2, 0.25) is 0 Å². The standard InChI is InChI=1S/C15H20F3NOS/c1-11-5-7-12(8-6-11)9-10-13(15(16,17)18)19-21(20)14(2,3)4/h5-10,13,19H,1-4H3/b10-9+/t13-,21?/m0/s1. The van der Waals surface area contributed by atoms with Gasteiger partial charge in [-0.15, -0.1) is 0 Å². The van der Waals surface area contributed by atoms with Gasteiger partial charge in [-0.05, 0) is 33.3 Å². The van der Waals surface area contributed by atoms with E-state index in [0.717, 1.165) is 11.6 Å². The van der Waals surface area contributed by atoms with Crippen LogP contribution < -0.4 is 4.72 Å². The maximum Gasteiger partial charge on any atom is 0.408 e. The summed E-state index contributed by atoms with van der Waals surface area (Å²) in [5.41, 5.74) is 1.70. The van der Waals surface area contributed by atoms with Crippen LogP contribution in [0.3, 0.4) is 0 Å². The van der Waals surface area contributed by atoms with Crippen molar-refractivity contribution in [1.82, 2.24) is 4.72 Å². The van der Waals surface area contributed by atoms with Crippen molar-refractivity contribution in [3.63, 3.8) is 0 Å². The molecule has 0 radical (unpaired) electrons. The minimum atomic E-state index is -4.50. The van der Waals surface area contributed by atoms with Crippen LogP contribution in [-0.4, -0.2) is 21.2 Å². The van der Waals surface area contributed by atoms with Crippen molar-refractivity contribution in [1.29, 1.82) is 0 Å². The molecule has 0 heterocycles. The Morgan fingerprint density at radius 1 is 1.14 bits per heavy atom. The normalized spacial score (nSPS) is 16.1. The smallest absolute Gasteiger partial charge is 0.242 e. The minimum Gasteiger partial charge on any atom is -0.242 e. The Morgan fingerprint density at radius 3 is 2.10 bits per heavy atom. The Hall–Kier alpha value is -1.14. The second-order valence-corrected chi connectivity index (χ2v) is 7.79. The Labute approximate surface area is 126 Å². The fraction of sp³-hybridized carbons (Fsp3) is 0.467. The molecule has 2 nitrogen and oxygen atoms in total. The molecule has 1 aromatic carbocycles. The molecule has 0 spiro atoms. The summed E-state index contributed by atoms with van der Waals surface area (Å²) in [6.07, 6.45) is -2.12. The predicted molar refractivity (Wildman–Crippen MR) is 81.1 cm³/mol. The Balaban J connectivity index is 2.89. The molecular weight excluding hydrogens is 299 g/mol. The molecule has 0 saturated carbocycles. The maximum absolute atomic E-state index is 13.0. The van der Waals surface area contributed by atoms with Crippen LogP contribution in [0.15, 0.2) is 30.3 Å². The number of rotatable bonds is 4. The Kier molecular flexibility index (Phi) is 5.75. The Morgan fingerprint density at radius 2 is 1.67 bits per heavy atom. The van der Waals surface area contributed by atoms with Gasteiger partial charge in [0, 0.05) is 0 Å². The largest absolute Gasteiger partial charge is 0.408 e. The molecule has 1 aromatic rings. The third-order valence-electron chi connectivity index (χ3n) is 2.70. The average Bonchev–Trinajstić information content (AvgIpc) is 2.33. The number of benzene rings is 1. The highest BCUT2D eigenvalue weighted by Gasteiger charge is 2.40. The zero-order chi connectivity index (χ0) is 16.3. The third kappa shape index (κ3) is 6.01. The highest BCUT2D eigenvalue weighted by molar-refractivity contribution is 7.84. The minimum absolute atomic E-state index is 0.665. The summed E-state index contributed by atoms with van der Waals surface area (Å²) in [5.74, 6) is 0. The lowest BCUT2D eigenvalue weighted by Crippen LogP contribution is -2.46. The van der Waals surface area contributed by atoms with Crippen LogP contribution in [-0.2, 0) is 11.0 Å². The summed E-state index contributed by atoms with van der Waals surface area (Å²) >= 11 is 0. The van der Waals surface area contributed by atoms with Crippen LogP contribution in [0, 0.1) is 6.92 Å². The van der Waals surface area contributed by atoms with Crippen LogP contribution in [0.1, 0.15) is 31.9 Å². The van der Waals surface area contributed by atoms with Crippen molar-refractivity contribution in [2.75, 3.05) is 0 Å². The van der Waals surface area contributed by atoms with Gasteiger partial charge >= 0.3 is 6.18 Å². The zero-order valence-electron chi connectivity index (χ0n) is 12.5. The van der Waals surface area contributed by atoms with E-state index in [2.05, 4.69) is 4.72 Å². The molecule has 0 aliphatic carbocycles. The molecule has 0 aromatic heterocycles. The summed E-state index contributed by atoms with van der Waals surface area (Å²) in [6, 6.07) is 5.17. The molecular formula is C15H20F3NOS. The van der Waals surface area contributed by atoms with Crippen LogP contribution >= 0.6 is 0 Å². The lowest BCUT2D eigenvalue weighted by atomic mass is 10.1. The van der Waals surface area contributed by atoms with Gasteiger partial charge in [-0.2, -0.15) is 13.2 Å². The van der Waals surface area contributed by atoms with Gasteiger partial charge in [0.25, 0.3) is 0 Å². The molecule has 0 amide bonds. The van der Waals surface area contributed by atoms with Gasteiger partial charge in [-0.3, -0.25) is 0 Å². The zero-order valence-corrected chi connectivity index (χ0v) is 13.3. The second kappa shape index (κ2) is 6.75. The second-order valence-electron chi connectivity index (χ2n) is 5.79. The first-order valence-corrected chi connectivity index (χ1v) is 7.65. The van der Waals surface area contributed by atoms with Crippen LogP contribution in [0.5, 0.6) is 0 Å². The van der Waals surface area contributed by atoms with Crippen molar-refractivity contribution >= 4 is 17.1 Å².